The number of thioether (sulfide) groups is 1. The zero-order valence-corrected chi connectivity index (χ0v) is 8.50. The van der Waals surface area contributed by atoms with E-state index in [9.17, 15) is 0 Å². The van der Waals surface area contributed by atoms with Crippen molar-refractivity contribution in [2.24, 2.45) is 10.9 Å². The average molecular weight is 203 g/mol. The van der Waals surface area contributed by atoms with Crippen molar-refractivity contribution in [3.63, 3.8) is 0 Å². The summed E-state index contributed by atoms with van der Waals surface area (Å²) < 4.78 is 0. The number of fused-ring (bicyclic) bond motifs is 2. The van der Waals surface area contributed by atoms with Crippen molar-refractivity contribution in [3.8, 4) is 0 Å². The van der Waals surface area contributed by atoms with Gasteiger partial charge >= 0.3 is 0 Å². The van der Waals surface area contributed by atoms with Crippen LogP contribution < -0.4 is 5.32 Å². The standard InChI is InChI=1S/C11H11N2S/c1-2-4-8-9-6-12-7-13-11(9)14-10(8)5-3-1/h1-3,5-7,9,11,13H,4H2. The van der Waals surface area contributed by atoms with Crippen molar-refractivity contribution in [2.45, 2.75) is 11.8 Å². The third-order valence-electron chi connectivity index (χ3n) is 2.69. The van der Waals surface area contributed by atoms with E-state index in [4.69, 9.17) is 0 Å². The van der Waals surface area contributed by atoms with Crippen LogP contribution in [-0.4, -0.2) is 11.6 Å². The van der Waals surface area contributed by atoms with Crippen LogP contribution in [0.5, 0.6) is 0 Å². The summed E-state index contributed by atoms with van der Waals surface area (Å²) in [6.07, 6.45) is 11.8. The fourth-order valence-electron chi connectivity index (χ4n) is 1.99. The van der Waals surface area contributed by atoms with Gasteiger partial charge in [0.15, 0.2) is 0 Å². The lowest BCUT2D eigenvalue weighted by Gasteiger charge is -2.21. The highest BCUT2D eigenvalue weighted by Crippen LogP contribution is 2.44. The van der Waals surface area contributed by atoms with Crippen molar-refractivity contribution < 1.29 is 0 Å². The van der Waals surface area contributed by atoms with Crippen LogP contribution in [0.25, 0.3) is 0 Å². The maximum atomic E-state index is 4.18. The molecule has 3 rings (SSSR count). The Morgan fingerprint density at radius 2 is 2.43 bits per heavy atom. The highest BCUT2D eigenvalue weighted by Gasteiger charge is 2.34. The van der Waals surface area contributed by atoms with Crippen LogP contribution >= 0.6 is 11.8 Å². The van der Waals surface area contributed by atoms with Gasteiger partial charge in [-0.15, -0.1) is 11.8 Å². The Labute approximate surface area is 87.9 Å². The van der Waals surface area contributed by atoms with Gasteiger partial charge in [0, 0.05) is 17.0 Å². The maximum Gasteiger partial charge on any atom is 0.136 e. The van der Waals surface area contributed by atoms with Crippen molar-refractivity contribution in [1.82, 2.24) is 5.32 Å². The van der Waals surface area contributed by atoms with E-state index >= 15 is 0 Å². The lowest BCUT2D eigenvalue weighted by atomic mass is 9.96. The van der Waals surface area contributed by atoms with Gasteiger partial charge in [0.2, 0.25) is 0 Å². The van der Waals surface area contributed by atoms with Gasteiger partial charge in [-0.1, -0.05) is 18.2 Å². The largest absolute Gasteiger partial charge is 0.280 e. The van der Waals surface area contributed by atoms with E-state index in [1.54, 1.807) is 6.67 Å². The summed E-state index contributed by atoms with van der Waals surface area (Å²) in [5.41, 5.74) is 1.51. The molecule has 3 aliphatic rings. The predicted octanol–water partition coefficient (Wildman–Crippen LogP) is 2.24. The summed E-state index contributed by atoms with van der Waals surface area (Å²) >= 11 is 1.91. The Hall–Kier alpha value is -0.800. The van der Waals surface area contributed by atoms with Crippen LogP contribution in [0.1, 0.15) is 6.42 Å². The Morgan fingerprint density at radius 1 is 1.43 bits per heavy atom. The SMILES string of the molecule is [CH]1N=CC2C3=C(C=CC=CC3)SC2N1. The van der Waals surface area contributed by atoms with Gasteiger partial charge in [0.1, 0.15) is 6.67 Å². The molecule has 0 aromatic carbocycles. The van der Waals surface area contributed by atoms with Gasteiger partial charge < -0.3 is 0 Å². The highest BCUT2D eigenvalue weighted by molar-refractivity contribution is 8.04. The van der Waals surface area contributed by atoms with Crippen molar-refractivity contribution in [3.05, 3.63) is 41.5 Å². The molecule has 0 saturated heterocycles. The number of hydrogen-bond donors (Lipinski definition) is 1. The molecule has 2 heterocycles. The fourth-order valence-corrected chi connectivity index (χ4v) is 3.30. The van der Waals surface area contributed by atoms with Gasteiger partial charge in [0.05, 0.1) is 5.37 Å². The maximum absolute atomic E-state index is 4.18. The van der Waals surface area contributed by atoms with Crippen LogP contribution in [0.15, 0.2) is 39.8 Å². The number of hydrogen-bond acceptors (Lipinski definition) is 3. The van der Waals surface area contributed by atoms with Gasteiger partial charge in [-0.3, -0.25) is 10.3 Å². The molecule has 0 aromatic rings. The molecule has 0 aromatic heterocycles. The summed E-state index contributed by atoms with van der Waals surface area (Å²) in [6.45, 7) is 1.79. The molecular weight excluding hydrogens is 192 g/mol. The smallest absolute Gasteiger partial charge is 0.136 e. The molecule has 1 aliphatic carbocycles. The Morgan fingerprint density at radius 3 is 3.43 bits per heavy atom. The molecular formula is C11H11N2S. The molecule has 2 nitrogen and oxygen atoms in total. The lowest BCUT2D eigenvalue weighted by Crippen LogP contribution is -2.33. The number of rotatable bonds is 0. The second kappa shape index (κ2) is 3.41. The molecule has 2 atom stereocenters. The zero-order chi connectivity index (χ0) is 9.38. The normalized spacial score (nSPS) is 34.3. The van der Waals surface area contributed by atoms with E-state index in [1.165, 1.54) is 10.5 Å². The van der Waals surface area contributed by atoms with Crippen LogP contribution in [0, 0.1) is 12.6 Å². The first-order valence-corrected chi connectivity index (χ1v) is 5.67. The van der Waals surface area contributed by atoms with Crippen LogP contribution in [0.2, 0.25) is 0 Å². The highest BCUT2D eigenvalue weighted by atomic mass is 32.2. The third-order valence-corrected chi connectivity index (χ3v) is 4.03. The third kappa shape index (κ3) is 1.28. The molecule has 3 heteroatoms. The topological polar surface area (TPSA) is 24.4 Å². The van der Waals surface area contributed by atoms with Crippen LogP contribution in [0.4, 0.5) is 0 Å². The Kier molecular flexibility index (Phi) is 2.07. The Balaban J connectivity index is 1.97. The van der Waals surface area contributed by atoms with E-state index in [2.05, 4.69) is 40.8 Å². The molecule has 2 aliphatic heterocycles. The van der Waals surface area contributed by atoms with E-state index in [0.717, 1.165) is 6.42 Å². The summed E-state index contributed by atoms with van der Waals surface area (Å²) in [7, 11) is 0. The molecule has 0 saturated carbocycles. The monoisotopic (exact) mass is 203 g/mol. The minimum absolute atomic E-state index is 0.466. The van der Waals surface area contributed by atoms with Gasteiger partial charge in [-0.2, -0.15) is 0 Å². The summed E-state index contributed by atoms with van der Waals surface area (Å²) in [4.78, 5) is 5.60. The van der Waals surface area contributed by atoms with E-state index in [-0.39, 0.29) is 0 Å². The van der Waals surface area contributed by atoms with Crippen molar-refractivity contribution in [1.29, 1.82) is 0 Å². The molecule has 0 fully saturated rings. The van der Waals surface area contributed by atoms with Crippen LogP contribution in [0.3, 0.4) is 0 Å². The molecule has 2 unspecified atom stereocenters. The molecule has 1 N–H and O–H groups in total. The molecule has 0 bridgehead atoms. The first-order valence-electron chi connectivity index (χ1n) is 4.79. The zero-order valence-electron chi connectivity index (χ0n) is 7.68. The summed E-state index contributed by atoms with van der Waals surface area (Å²) in [5.74, 6) is 0.479. The summed E-state index contributed by atoms with van der Waals surface area (Å²) in [6, 6.07) is 0. The van der Waals surface area contributed by atoms with E-state index < -0.39 is 0 Å². The van der Waals surface area contributed by atoms with Gasteiger partial charge in [-0.25, -0.2) is 0 Å². The number of nitrogens with zero attached hydrogens (tertiary/aromatic N) is 1. The molecule has 0 spiro atoms. The predicted molar refractivity (Wildman–Crippen MR) is 60.7 cm³/mol. The van der Waals surface area contributed by atoms with Crippen molar-refractivity contribution >= 4 is 18.0 Å². The fraction of sp³-hybridized carbons (Fsp3) is 0.273. The molecule has 0 amide bonds. The average Bonchev–Trinajstić information content (AvgIpc) is 2.42. The first kappa shape index (κ1) is 8.50. The summed E-state index contributed by atoms with van der Waals surface area (Å²) in [5, 5.41) is 3.76. The van der Waals surface area contributed by atoms with E-state index in [0.29, 0.717) is 11.3 Å². The van der Waals surface area contributed by atoms with E-state index in [1.807, 2.05) is 11.8 Å². The first-order chi connectivity index (χ1) is 6.95. The molecule has 71 valence electrons. The molecule has 1 radical (unpaired) electrons. The second-order valence-corrected chi connectivity index (χ2v) is 4.72. The molecule has 14 heavy (non-hydrogen) atoms. The quantitative estimate of drug-likeness (QED) is 0.653. The van der Waals surface area contributed by atoms with Crippen molar-refractivity contribution in [2.75, 3.05) is 0 Å². The lowest BCUT2D eigenvalue weighted by molar-refractivity contribution is 0.631. The number of aliphatic imine (C=N–C) groups is 1. The second-order valence-electron chi connectivity index (χ2n) is 3.54. The van der Waals surface area contributed by atoms with Gasteiger partial charge in [-0.05, 0) is 18.1 Å². The Bertz CT molecular complexity index is 365. The number of nitrogens with one attached hydrogen (secondary N) is 1. The minimum atomic E-state index is 0.466. The van der Waals surface area contributed by atoms with Crippen LogP contribution in [-0.2, 0) is 0 Å². The van der Waals surface area contributed by atoms with Gasteiger partial charge in [0.25, 0.3) is 0 Å². The minimum Gasteiger partial charge on any atom is -0.280 e. The number of allylic oxidation sites excluding steroid dienone is 4.